The number of fused-ring (bicyclic) bond motifs is 1. The Morgan fingerprint density at radius 3 is 2.86 bits per heavy atom. The van der Waals surface area contributed by atoms with Crippen LogP contribution in [0.3, 0.4) is 0 Å². The molecule has 3 N–H and O–H groups in total. The van der Waals surface area contributed by atoms with Crippen molar-refractivity contribution in [2.45, 2.75) is 38.6 Å². The molecule has 1 aromatic rings. The maximum absolute atomic E-state index is 6.37. The smallest absolute Gasteiger partial charge is 0.184 e. The van der Waals surface area contributed by atoms with E-state index in [2.05, 4.69) is 49.3 Å². The Morgan fingerprint density at radius 2 is 2.24 bits per heavy atom. The van der Waals surface area contributed by atoms with Crippen molar-refractivity contribution in [1.29, 1.82) is 0 Å². The van der Waals surface area contributed by atoms with Gasteiger partial charge in [-0.1, -0.05) is 18.5 Å². The Kier molecular flexibility index (Phi) is 4.44. The normalized spacial score (nSPS) is 20.4. The van der Waals surface area contributed by atoms with Gasteiger partial charge in [-0.3, -0.25) is 5.43 Å². The first kappa shape index (κ1) is 16.0. The average Bonchev–Trinajstić information content (AvgIpc) is 2.36. The lowest BCUT2D eigenvalue weighted by atomic mass is 9.80. The minimum atomic E-state index is 0.124. The van der Waals surface area contributed by atoms with Crippen LogP contribution in [0.5, 0.6) is 0 Å². The standard InChI is InChI=1S/C15H21ClN4S/c1-9-7-15(2,3)20(4)13-6-12(16)10(5-11(9)13)8-18-19-14(17)21/h5-6,8-9H,7H2,1-4H3,(H3,17,19,21)/b18-8+. The highest BCUT2D eigenvalue weighted by Gasteiger charge is 2.34. The van der Waals surface area contributed by atoms with Crippen molar-refractivity contribution in [2.24, 2.45) is 10.8 Å². The molecule has 0 bridgehead atoms. The third kappa shape index (κ3) is 3.30. The summed E-state index contributed by atoms with van der Waals surface area (Å²) in [6.07, 6.45) is 2.74. The number of rotatable bonds is 2. The van der Waals surface area contributed by atoms with Gasteiger partial charge in [0.25, 0.3) is 0 Å². The molecule has 0 amide bonds. The molecule has 1 heterocycles. The predicted molar refractivity (Wildman–Crippen MR) is 94.5 cm³/mol. The summed E-state index contributed by atoms with van der Waals surface area (Å²) in [5.41, 5.74) is 11.3. The highest BCUT2D eigenvalue weighted by Crippen LogP contribution is 2.43. The minimum absolute atomic E-state index is 0.124. The Hall–Kier alpha value is -1.33. The number of nitrogens with two attached hydrogens (primary N) is 1. The van der Waals surface area contributed by atoms with Crippen molar-refractivity contribution < 1.29 is 0 Å². The first-order valence-electron chi connectivity index (χ1n) is 6.88. The van der Waals surface area contributed by atoms with E-state index < -0.39 is 0 Å². The SMILES string of the molecule is CC1CC(C)(C)N(C)c2cc(Cl)c(/C=N/NC(N)=S)cc21. The molecular weight excluding hydrogens is 304 g/mol. The summed E-state index contributed by atoms with van der Waals surface area (Å²) in [5.74, 6) is 0.471. The van der Waals surface area contributed by atoms with Crippen LogP contribution in [0.2, 0.25) is 5.02 Å². The topological polar surface area (TPSA) is 53.6 Å². The van der Waals surface area contributed by atoms with E-state index in [9.17, 15) is 0 Å². The minimum Gasteiger partial charge on any atom is -0.375 e. The fourth-order valence-electron chi connectivity index (χ4n) is 2.87. The molecule has 1 unspecified atom stereocenters. The van der Waals surface area contributed by atoms with E-state index >= 15 is 0 Å². The van der Waals surface area contributed by atoms with Crippen LogP contribution in [0, 0.1) is 0 Å². The summed E-state index contributed by atoms with van der Waals surface area (Å²) in [7, 11) is 2.11. The van der Waals surface area contributed by atoms with Crippen LogP contribution in [0.1, 0.15) is 44.2 Å². The van der Waals surface area contributed by atoms with E-state index in [-0.39, 0.29) is 10.7 Å². The molecule has 1 aromatic carbocycles. The second-order valence-electron chi connectivity index (χ2n) is 6.14. The zero-order chi connectivity index (χ0) is 15.8. The average molecular weight is 325 g/mol. The lowest BCUT2D eigenvalue weighted by Crippen LogP contribution is -2.45. The van der Waals surface area contributed by atoms with Gasteiger partial charge in [0.2, 0.25) is 0 Å². The van der Waals surface area contributed by atoms with E-state index in [0.717, 1.165) is 12.0 Å². The van der Waals surface area contributed by atoms with E-state index in [4.69, 9.17) is 29.6 Å². The van der Waals surface area contributed by atoms with Gasteiger partial charge in [-0.25, -0.2) is 0 Å². The maximum Gasteiger partial charge on any atom is 0.184 e. The lowest BCUT2D eigenvalue weighted by Gasteiger charge is -2.45. The molecule has 6 heteroatoms. The molecule has 0 spiro atoms. The van der Waals surface area contributed by atoms with Gasteiger partial charge in [0, 0.05) is 23.8 Å². The third-order valence-electron chi connectivity index (χ3n) is 4.13. The molecule has 0 aromatic heterocycles. The van der Waals surface area contributed by atoms with Crippen molar-refractivity contribution in [3.05, 3.63) is 28.3 Å². The van der Waals surface area contributed by atoms with Crippen molar-refractivity contribution in [3.63, 3.8) is 0 Å². The first-order chi connectivity index (χ1) is 9.72. The van der Waals surface area contributed by atoms with E-state index in [0.29, 0.717) is 10.9 Å². The zero-order valence-electron chi connectivity index (χ0n) is 12.8. The third-order valence-corrected chi connectivity index (χ3v) is 4.55. The number of nitrogens with one attached hydrogen (secondary N) is 1. The van der Waals surface area contributed by atoms with Crippen molar-refractivity contribution >= 4 is 40.8 Å². The largest absolute Gasteiger partial charge is 0.375 e. The zero-order valence-corrected chi connectivity index (χ0v) is 14.3. The van der Waals surface area contributed by atoms with Crippen LogP contribution in [-0.2, 0) is 0 Å². The number of anilines is 1. The number of thiocarbonyl (C=S) groups is 1. The van der Waals surface area contributed by atoms with Gasteiger partial charge >= 0.3 is 0 Å². The highest BCUT2D eigenvalue weighted by molar-refractivity contribution is 7.80. The fraction of sp³-hybridized carbons (Fsp3) is 0.467. The van der Waals surface area contributed by atoms with Crippen LogP contribution in [0.15, 0.2) is 17.2 Å². The fourth-order valence-corrected chi connectivity index (χ4v) is 3.13. The summed E-state index contributed by atoms with van der Waals surface area (Å²) in [5, 5.41) is 4.78. The Balaban J connectivity index is 2.41. The molecule has 114 valence electrons. The van der Waals surface area contributed by atoms with Crippen molar-refractivity contribution in [1.82, 2.24) is 5.43 Å². The second-order valence-corrected chi connectivity index (χ2v) is 6.99. The summed E-state index contributed by atoms with van der Waals surface area (Å²) in [6.45, 7) is 6.75. The van der Waals surface area contributed by atoms with Gasteiger partial charge in [0.1, 0.15) is 0 Å². The van der Waals surface area contributed by atoms with E-state index in [1.807, 2.05) is 6.07 Å². The van der Waals surface area contributed by atoms with E-state index in [1.54, 1.807) is 6.21 Å². The number of hydrazone groups is 1. The van der Waals surface area contributed by atoms with Gasteiger partial charge in [0.05, 0.1) is 11.2 Å². The van der Waals surface area contributed by atoms with Crippen LogP contribution in [-0.4, -0.2) is 23.9 Å². The van der Waals surface area contributed by atoms with Crippen LogP contribution >= 0.6 is 23.8 Å². The molecule has 0 saturated heterocycles. The maximum atomic E-state index is 6.37. The number of halogens is 1. The van der Waals surface area contributed by atoms with Crippen LogP contribution in [0.25, 0.3) is 0 Å². The van der Waals surface area contributed by atoms with Crippen LogP contribution in [0.4, 0.5) is 5.69 Å². The Morgan fingerprint density at radius 1 is 1.57 bits per heavy atom. The lowest BCUT2D eigenvalue weighted by molar-refractivity contribution is 0.395. The molecule has 0 radical (unpaired) electrons. The molecular formula is C15H21ClN4S. The Bertz CT molecular complexity index is 598. The van der Waals surface area contributed by atoms with Gasteiger partial charge in [-0.2, -0.15) is 5.10 Å². The quantitative estimate of drug-likeness (QED) is 0.498. The summed E-state index contributed by atoms with van der Waals surface area (Å²) in [4.78, 5) is 2.29. The molecule has 0 aliphatic carbocycles. The second kappa shape index (κ2) is 5.81. The van der Waals surface area contributed by atoms with Gasteiger partial charge in [-0.05, 0) is 56.1 Å². The number of hydrogen-bond donors (Lipinski definition) is 2. The molecule has 1 aliphatic rings. The molecule has 1 atom stereocenters. The first-order valence-corrected chi connectivity index (χ1v) is 7.67. The summed E-state index contributed by atoms with van der Waals surface area (Å²) >= 11 is 11.1. The molecule has 0 saturated carbocycles. The van der Waals surface area contributed by atoms with Crippen molar-refractivity contribution in [3.8, 4) is 0 Å². The van der Waals surface area contributed by atoms with Gasteiger partial charge in [0.15, 0.2) is 5.11 Å². The number of hydrogen-bond acceptors (Lipinski definition) is 3. The molecule has 2 rings (SSSR count). The molecule has 0 fully saturated rings. The van der Waals surface area contributed by atoms with Gasteiger partial charge < -0.3 is 10.6 Å². The predicted octanol–water partition coefficient (Wildman–Crippen LogP) is 3.23. The molecule has 21 heavy (non-hydrogen) atoms. The van der Waals surface area contributed by atoms with Crippen LogP contribution < -0.4 is 16.1 Å². The Labute approximate surface area is 136 Å². The number of nitrogens with zero attached hydrogens (tertiary/aromatic N) is 2. The van der Waals surface area contributed by atoms with Gasteiger partial charge in [-0.15, -0.1) is 0 Å². The highest BCUT2D eigenvalue weighted by atomic mass is 35.5. The molecule has 1 aliphatic heterocycles. The summed E-state index contributed by atoms with van der Waals surface area (Å²) < 4.78 is 0. The van der Waals surface area contributed by atoms with E-state index in [1.165, 1.54) is 11.3 Å². The molecule has 4 nitrogen and oxygen atoms in total. The monoisotopic (exact) mass is 324 g/mol. The number of benzene rings is 1. The summed E-state index contributed by atoms with van der Waals surface area (Å²) in [6, 6.07) is 4.11. The van der Waals surface area contributed by atoms with Crippen molar-refractivity contribution in [2.75, 3.05) is 11.9 Å².